The lowest BCUT2D eigenvalue weighted by molar-refractivity contribution is -0.317. The summed E-state index contributed by atoms with van der Waals surface area (Å²) in [6.45, 7) is 18.7. The highest BCUT2D eigenvalue weighted by atomic mass is 16.7. The van der Waals surface area contributed by atoms with E-state index in [1.165, 1.54) is 13.0 Å². The molecule has 1 saturated heterocycles. The van der Waals surface area contributed by atoms with Crippen molar-refractivity contribution >= 4 is 5.97 Å². The lowest BCUT2D eigenvalue weighted by Crippen LogP contribution is -2.60. The predicted molar refractivity (Wildman–Crippen MR) is 174 cm³/mol. The minimum atomic E-state index is -1.55. The van der Waals surface area contributed by atoms with Gasteiger partial charge >= 0.3 is 5.97 Å². The van der Waals surface area contributed by atoms with E-state index >= 15 is 0 Å². The van der Waals surface area contributed by atoms with Gasteiger partial charge in [-0.05, 0) is 62.5 Å². The molecule has 0 spiro atoms. The molecule has 0 aromatic heterocycles. The zero-order chi connectivity index (χ0) is 34.8. The van der Waals surface area contributed by atoms with Gasteiger partial charge in [-0.15, -0.1) is 0 Å². The standard InChI is InChI=1S/C35H62O10/c1-11-18(2)12-19(3)13-24(8)33(45-35-32(41)31(40)30(39)27(17-36)44-35)25(9)15-22(6)28(37)20(4)14-21(5)29(38)23(7)16-26(10)34(42)43/h14-16,18-20,23-25,27-33,35-41H,11-13,17H2,1-10H3,(H,42,43)/b21-14+,22-15+,26-16+/t18?,19?,20?,23?,24?,25?,27-,28?,29?,30-,31+,32+,33?,35+/m1/s1/i2+1,3+1,4+1,5+1,6+1,7+1,8+1,9+1,10+1. The Bertz CT molecular complexity index is 991. The van der Waals surface area contributed by atoms with E-state index < -0.39 is 67.5 Å². The molecule has 1 fully saturated rings. The van der Waals surface area contributed by atoms with Crippen molar-refractivity contribution in [3.05, 3.63) is 34.9 Å². The Kier molecular flexibility index (Phi) is 17.7. The van der Waals surface area contributed by atoms with Crippen molar-refractivity contribution in [3.8, 4) is 0 Å². The minimum absolute atomic E-state index is 0.00821. The first-order chi connectivity index (χ1) is 20.9. The van der Waals surface area contributed by atoms with E-state index in [4.69, 9.17) is 14.6 Å². The summed E-state index contributed by atoms with van der Waals surface area (Å²) in [6.07, 6.45) is -1.000. The van der Waals surface area contributed by atoms with Gasteiger partial charge in [0.2, 0.25) is 0 Å². The summed E-state index contributed by atoms with van der Waals surface area (Å²) in [7, 11) is 0. The summed E-state index contributed by atoms with van der Waals surface area (Å²) in [5.74, 6) is -1.13. The minimum Gasteiger partial charge on any atom is -0.478 e. The summed E-state index contributed by atoms with van der Waals surface area (Å²) >= 11 is 0. The van der Waals surface area contributed by atoms with Gasteiger partial charge in [0.15, 0.2) is 6.29 Å². The van der Waals surface area contributed by atoms with Crippen LogP contribution in [-0.2, 0) is 14.3 Å². The molecular formula is C35H62O10. The van der Waals surface area contributed by atoms with E-state index in [0.29, 0.717) is 23.0 Å². The molecule has 0 aliphatic carbocycles. The quantitative estimate of drug-likeness (QED) is 0.0655. The second-order valence-electron chi connectivity index (χ2n) is 13.8. The Balaban J connectivity index is 3.23. The van der Waals surface area contributed by atoms with Crippen LogP contribution in [0.25, 0.3) is 0 Å². The molecule has 14 atom stereocenters. The average molecular weight is 652 g/mol. The van der Waals surface area contributed by atoms with E-state index in [9.17, 15) is 35.4 Å². The summed E-state index contributed by atoms with van der Waals surface area (Å²) in [4.78, 5) is 11.2. The molecule has 0 saturated carbocycles. The molecule has 10 heteroatoms. The fraction of sp³-hybridized carbons (Fsp3) is 0.800. The molecule has 1 aliphatic rings. The first kappa shape index (κ1) is 41.4. The summed E-state index contributed by atoms with van der Waals surface area (Å²) in [5, 5.41) is 72.1. The number of aliphatic hydroxyl groups excluding tert-OH is 6. The zero-order valence-corrected chi connectivity index (χ0v) is 29.0. The Hall–Kier alpha value is -1.63. The first-order valence-electron chi connectivity index (χ1n) is 16.5. The zero-order valence-electron chi connectivity index (χ0n) is 29.0. The van der Waals surface area contributed by atoms with E-state index in [-0.39, 0.29) is 23.3 Å². The van der Waals surface area contributed by atoms with Crippen molar-refractivity contribution in [2.45, 2.75) is 138 Å². The molecule has 0 aromatic rings. The fourth-order valence-electron chi connectivity index (χ4n) is 6.43. The highest BCUT2D eigenvalue weighted by Crippen LogP contribution is 2.33. The maximum absolute atomic E-state index is 11.2. The molecule has 262 valence electrons. The van der Waals surface area contributed by atoms with Crippen LogP contribution in [0.1, 0.15) is 88.5 Å². The Morgan fingerprint density at radius 3 is 1.78 bits per heavy atom. The smallest absolute Gasteiger partial charge is 0.330 e. The van der Waals surface area contributed by atoms with E-state index in [1.54, 1.807) is 19.9 Å². The molecule has 9 unspecified atom stereocenters. The van der Waals surface area contributed by atoms with E-state index in [2.05, 4.69) is 27.7 Å². The van der Waals surface area contributed by atoms with Crippen molar-refractivity contribution < 1.29 is 50.0 Å². The van der Waals surface area contributed by atoms with Crippen LogP contribution in [0.5, 0.6) is 0 Å². The van der Waals surface area contributed by atoms with Gasteiger partial charge in [-0.1, -0.05) is 73.1 Å². The lowest BCUT2D eigenvalue weighted by Gasteiger charge is -2.42. The number of hydrogen-bond acceptors (Lipinski definition) is 9. The van der Waals surface area contributed by atoms with E-state index in [1.807, 2.05) is 26.8 Å². The SMILES string of the molecule is CCC([13CH3])CC([13CH3])CC([13CH3])C(O[C@@H]1O[C@H](CO)[C@@H](O)[C@H](O)[C@@H]1O)C([13CH3])/C=C(\[13CH3])C(O)C([13CH3])/C=C(\[13CH3])C(O)C([13CH3])/C=C(\[13CH3])C(=O)O. The maximum atomic E-state index is 11.2. The number of ether oxygens (including phenoxy) is 2. The van der Waals surface area contributed by atoms with E-state index in [0.717, 1.165) is 19.3 Å². The number of hydrogen-bond donors (Lipinski definition) is 7. The molecule has 0 radical (unpaired) electrons. The Labute approximate surface area is 270 Å². The first-order valence-corrected chi connectivity index (χ1v) is 16.5. The molecule has 45 heavy (non-hydrogen) atoms. The Morgan fingerprint density at radius 2 is 1.29 bits per heavy atom. The summed E-state index contributed by atoms with van der Waals surface area (Å²) < 4.78 is 12.0. The van der Waals surface area contributed by atoms with Gasteiger partial charge in [0, 0.05) is 23.3 Å². The molecule has 0 bridgehead atoms. The number of carbonyl (C=O) groups is 1. The molecule has 7 N–H and O–H groups in total. The van der Waals surface area contributed by atoms with Crippen molar-refractivity contribution in [2.24, 2.45) is 35.5 Å². The van der Waals surface area contributed by atoms with Gasteiger partial charge in [-0.2, -0.15) is 0 Å². The van der Waals surface area contributed by atoms with Crippen molar-refractivity contribution in [1.82, 2.24) is 0 Å². The van der Waals surface area contributed by atoms with Crippen LogP contribution in [0.15, 0.2) is 34.9 Å². The summed E-state index contributed by atoms with van der Waals surface area (Å²) in [6, 6.07) is 0. The largest absolute Gasteiger partial charge is 0.478 e. The van der Waals surface area contributed by atoms with Crippen LogP contribution < -0.4 is 0 Å². The lowest BCUT2D eigenvalue weighted by atomic mass is 9.89. The van der Waals surface area contributed by atoms with Gasteiger partial charge in [-0.3, -0.25) is 0 Å². The number of aliphatic carboxylic acids is 1. The van der Waals surface area contributed by atoms with Gasteiger partial charge < -0.3 is 45.2 Å². The van der Waals surface area contributed by atoms with Gasteiger partial charge in [0.05, 0.1) is 24.9 Å². The third-order valence-corrected chi connectivity index (χ3v) is 9.33. The molecule has 1 aliphatic heterocycles. The second kappa shape index (κ2) is 19.3. The topological polar surface area (TPSA) is 177 Å². The number of carboxylic acid groups (broad SMARTS) is 1. The molecule has 10 nitrogen and oxygen atoms in total. The fourth-order valence-corrected chi connectivity index (χ4v) is 6.43. The number of rotatable bonds is 18. The third kappa shape index (κ3) is 12.5. The molecule has 1 heterocycles. The van der Waals surface area contributed by atoms with Gasteiger partial charge in [0.25, 0.3) is 0 Å². The predicted octanol–water partition coefficient (Wildman–Crippen LogP) is 3.82. The highest BCUT2D eigenvalue weighted by molar-refractivity contribution is 5.85. The summed E-state index contributed by atoms with van der Waals surface area (Å²) in [5.41, 5.74) is 1.46. The average Bonchev–Trinajstić information content (AvgIpc) is 2.97. The normalized spacial score (nSPS) is 29.7. The van der Waals surface area contributed by atoms with Crippen molar-refractivity contribution in [2.75, 3.05) is 6.61 Å². The number of carboxylic acids is 1. The van der Waals surface area contributed by atoms with Crippen LogP contribution in [0, 0.1) is 35.5 Å². The highest BCUT2D eigenvalue weighted by Gasteiger charge is 2.45. The second-order valence-corrected chi connectivity index (χ2v) is 13.8. The van der Waals surface area contributed by atoms with Crippen LogP contribution in [0.2, 0.25) is 0 Å². The van der Waals surface area contributed by atoms with Crippen LogP contribution in [-0.4, -0.2) is 97.3 Å². The van der Waals surface area contributed by atoms with Crippen LogP contribution in [0.3, 0.4) is 0 Å². The van der Waals surface area contributed by atoms with Crippen LogP contribution >= 0.6 is 0 Å². The van der Waals surface area contributed by atoms with Crippen molar-refractivity contribution in [3.63, 3.8) is 0 Å². The maximum Gasteiger partial charge on any atom is 0.330 e. The van der Waals surface area contributed by atoms with Gasteiger partial charge in [0.1, 0.15) is 24.4 Å². The molecule has 0 amide bonds. The molecular weight excluding hydrogens is 589 g/mol. The molecule has 0 aromatic carbocycles. The number of aliphatic hydroxyl groups is 6. The van der Waals surface area contributed by atoms with Crippen molar-refractivity contribution in [1.29, 1.82) is 0 Å². The monoisotopic (exact) mass is 651 g/mol. The van der Waals surface area contributed by atoms with Crippen LogP contribution in [0.4, 0.5) is 0 Å². The molecule has 1 rings (SSSR count). The Morgan fingerprint density at radius 1 is 0.778 bits per heavy atom. The van der Waals surface area contributed by atoms with Gasteiger partial charge in [-0.25, -0.2) is 4.79 Å². The third-order valence-electron chi connectivity index (χ3n) is 9.33.